The lowest BCUT2D eigenvalue weighted by atomic mass is 10.0. The van der Waals surface area contributed by atoms with E-state index in [1.54, 1.807) is 0 Å². The molecule has 2 nitrogen and oxygen atoms in total. The first-order valence-electron chi connectivity index (χ1n) is 4.86. The number of rotatable bonds is 4. The van der Waals surface area contributed by atoms with Crippen LogP contribution in [0.5, 0.6) is 0 Å². The normalized spacial score (nSPS) is 14.9. The Bertz CT molecular complexity index is 295. The van der Waals surface area contributed by atoms with E-state index < -0.39 is 0 Å². The van der Waals surface area contributed by atoms with Gasteiger partial charge in [0.15, 0.2) is 0 Å². The first-order valence-corrected chi connectivity index (χ1v) is 5.40. The molecule has 0 bridgehead atoms. The average Bonchev–Trinajstić information content (AvgIpc) is 2.18. The lowest BCUT2D eigenvalue weighted by Gasteiger charge is -2.27. The minimum atomic E-state index is -0.0671. The summed E-state index contributed by atoms with van der Waals surface area (Å²) in [5, 5.41) is 3.35. The molecule has 0 fully saturated rings. The number of pyridine rings is 1. The predicted molar refractivity (Wildman–Crippen MR) is 62.0 cm³/mol. The molecular weight excluding hydrogens is 196 g/mol. The summed E-state index contributed by atoms with van der Waals surface area (Å²) < 4.78 is 0. The highest BCUT2D eigenvalue weighted by molar-refractivity contribution is 6.18. The van der Waals surface area contributed by atoms with E-state index in [4.69, 9.17) is 11.6 Å². The summed E-state index contributed by atoms with van der Waals surface area (Å²) in [7, 11) is 0. The molecule has 1 aromatic heterocycles. The number of halogens is 1. The summed E-state index contributed by atoms with van der Waals surface area (Å²) >= 11 is 5.91. The number of nitrogens with zero attached hydrogens (tertiary/aromatic N) is 1. The lowest BCUT2D eigenvalue weighted by molar-refractivity contribution is 0.551. The van der Waals surface area contributed by atoms with Crippen molar-refractivity contribution in [2.24, 2.45) is 0 Å². The number of nitrogens with one attached hydrogen (secondary N) is 1. The van der Waals surface area contributed by atoms with Gasteiger partial charge in [-0.1, -0.05) is 6.92 Å². The number of alkyl halides is 1. The summed E-state index contributed by atoms with van der Waals surface area (Å²) in [5.74, 6) is 1.48. The van der Waals surface area contributed by atoms with Crippen LogP contribution in [-0.2, 0) is 0 Å². The first-order chi connectivity index (χ1) is 6.59. The number of aromatic nitrogens is 1. The Morgan fingerprint density at radius 1 is 1.57 bits per heavy atom. The van der Waals surface area contributed by atoms with E-state index in [1.165, 1.54) is 5.56 Å². The van der Waals surface area contributed by atoms with Crippen molar-refractivity contribution in [2.75, 3.05) is 11.2 Å². The van der Waals surface area contributed by atoms with Crippen LogP contribution in [0.1, 0.15) is 25.8 Å². The first kappa shape index (κ1) is 11.3. The summed E-state index contributed by atoms with van der Waals surface area (Å²) in [6.07, 6.45) is 2.79. The van der Waals surface area contributed by atoms with Gasteiger partial charge in [-0.05, 0) is 38.0 Å². The molecule has 0 saturated heterocycles. The molecule has 1 aromatic rings. The zero-order valence-corrected chi connectivity index (χ0v) is 9.73. The molecule has 0 aromatic carbocycles. The topological polar surface area (TPSA) is 24.9 Å². The Balaban J connectivity index is 2.77. The van der Waals surface area contributed by atoms with Crippen LogP contribution < -0.4 is 5.32 Å². The van der Waals surface area contributed by atoms with Gasteiger partial charge < -0.3 is 5.32 Å². The second kappa shape index (κ2) is 4.65. The van der Waals surface area contributed by atoms with Gasteiger partial charge in [-0.15, -0.1) is 11.6 Å². The zero-order chi connectivity index (χ0) is 10.6. The number of aryl methyl sites for hydroxylation is 1. The largest absolute Gasteiger partial charge is 0.364 e. The second-order valence-electron chi connectivity index (χ2n) is 3.89. The minimum absolute atomic E-state index is 0.0671. The third-order valence-corrected chi connectivity index (χ3v) is 3.01. The van der Waals surface area contributed by atoms with E-state index in [-0.39, 0.29) is 5.54 Å². The van der Waals surface area contributed by atoms with Crippen molar-refractivity contribution >= 4 is 17.4 Å². The highest BCUT2D eigenvalue weighted by Gasteiger charge is 2.20. The molecule has 1 rings (SSSR count). The molecule has 0 spiro atoms. The zero-order valence-electron chi connectivity index (χ0n) is 8.97. The Morgan fingerprint density at radius 2 is 2.29 bits per heavy atom. The Hall–Kier alpha value is -0.760. The van der Waals surface area contributed by atoms with Crippen LogP contribution >= 0.6 is 11.6 Å². The van der Waals surface area contributed by atoms with E-state index >= 15 is 0 Å². The van der Waals surface area contributed by atoms with Crippen molar-refractivity contribution in [3.63, 3.8) is 0 Å². The van der Waals surface area contributed by atoms with Crippen molar-refractivity contribution in [1.82, 2.24) is 4.98 Å². The molecule has 1 heterocycles. The van der Waals surface area contributed by atoms with Crippen molar-refractivity contribution in [3.05, 3.63) is 23.9 Å². The van der Waals surface area contributed by atoms with Crippen molar-refractivity contribution in [3.8, 4) is 0 Å². The van der Waals surface area contributed by atoms with E-state index in [2.05, 4.69) is 31.1 Å². The Labute approximate surface area is 90.7 Å². The van der Waals surface area contributed by atoms with Gasteiger partial charge in [0.25, 0.3) is 0 Å². The molecule has 0 aliphatic rings. The van der Waals surface area contributed by atoms with Crippen LogP contribution in [0.4, 0.5) is 5.82 Å². The maximum absolute atomic E-state index is 5.91. The third-order valence-electron chi connectivity index (χ3n) is 2.42. The fourth-order valence-electron chi connectivity index (χ4n) is 1.13. The van der Waals surface area contributed by atoms with Gasteiger partial charge in [0, 0.05) is 17.6 Å². The van der Waals surface area contributed by atoms with Gasteiger partial charge in [-0.3, -0.25) is 0 Å². The fourth-order valence-corrected chi connectivity index (χ4v) is 1.39. The summed E-state index contributed by atoms with van der Waals surface area (Å²) in [4.78, 5) is 4.25. The van der Waals surface area contributed by atoms with Crippen LogP contribution in [0.15, 0.2) is 18.3 Å². The van der Waals surface area contributed by atoms with Gasteiger partial charge in [-0.2, -0.15) is 0 Å². The maximum atomic E-state index is 5.91. The van der Waals surface area contributed by atoms with Crippen molar-refractivity contribution in [2.45, 2.75) is 32.7 Å². The molecule has 0 aliphatic carbocycles. The second-order valence-corrected chi connectivity index (χ2v) is 4.16. The number of hydrogen-bond acceptors (Lipinski definition) is 2. The summed E-state index contributed by atoms with van der Waals surface area (Å²) in [6, 6.07) is 4.01. The van der Waals surface area contributed by atoms with Gasteiger partial charge >= 0.3 is 0 Å². The highest BCUT2D eigenvalue weighted by Crippen LogP contribution is 2.18. The van der Waals surface area contributed by atoms with E-state index in [0.29, 0.717) is 5.88 Å². The molecular formula is C11H17ClN2. The number of anilines is 1. The van der Waals surface area contributed by atoms with Crippen LogP contribution in [0.3, 0.4) is 0 Å². The Kier molecular flexibility index (Phi) is 3.76. The number of hydrogen-bond donors (Lipinski definition) is 1. The molecule has 1 atom stereocenters. The maximum Gasteiger partial charge on any atom is 0.126 e. The van der Waals surface area contributed by atoms with Crippen molar-refractivity contribution in [1.29, 1.82) is 0 Å². The molecule has 0 amide bonds. The molecule has 0 radical (unpaired) electrons. The quantitative estimate of drug-likeness (QED) is 0.776. The monoisotopic (exact) mass is 212 g/mol. The van der Waals surface area contributed by atoms with Crippen LogP contribution in [0, 0.1) is 6.92 Å². The molecule has 14 heavy (non-hydrogen) atoms. The fraction of sp³-hybridized carbons (Fsp3) is 0.545. The van der Waals surface area contributed by atoms with E-state index in [9.17, 15) is 0 Å². The summed E-state index contributed by atoms with van der Waals surface area (Å²) in [6.45, 7) is 6.27. The molecule has 1 N–H and O–H groups in total. The molecule has 1 unspecified atom stereocenters. The molecule has 3 heteroatoms. The van der Waals surface area contributed by atoms with Crippen LogP contribution in [0.2, 0.25) is 0 Å². The third kappa shape index (κ3) is 2.88. The minimum Gasteiger partial charge on any atom is -0.364 e. The SMILES string of the molecule is CCC(C)(CCl)Nc1cc(C)ccn1. The van der Waals surface area contributed by atoms with Crippen LogP contribution in [0.25, 0.3) is 0 Å². The van der Waals surface area contributed by atoms with Gasteiger partial charge in [0.2, 0.25) is 0 Å². The highest BCUT2D eigenvalue weighted by atomic mass is 35.5. The summed E-state index contributed by atoms with van der Waals surface area (Å²) in [5.41, 5.74) is 1.14. The molecule has 0 saturated carbocycles. The van der Waals surface area contributed by atoms with Gasteiger partial charge in [0.1, 0.15) is 5.82 Å². The van der Waals surface area contributed by atoms with Crippen LogP contribution in [-0.4, -0.2) is 16.4 Å². The Morgan fingerprint density at radius 3 is 2.79 bits per heavy atom. The standard InChI is InChI=1S/C11H17ClN2/c1-4-11(3,8-12)14-10-7-9(2)5-6-13-10/h5-7H,4,8H2,1-3H3,(H,13,14). The van der Waals surface area contributed by atoms with E-state index in [1.807, 2.05) is 18.3 Å². The molecule has 0 aliphatic heterocycles. The van der Waals surface area contributed by atoms with Gasteiger partial charge in [-0.25, -0.2) is 4.98 Å². The lowest BCUT2D eigenvalue weighted by Crippen LogP contribution is -2.36. The average molecular weight is 213 g/mol. The van der Waals surface area contributed by atoms with E-state index in [0.717, 1.165) is 12.2 Å². The molecule has 78 valence electrons. The van der Waals surface area contributed by atoms with Crippen molar-refractivity contribution < 1.29 is 0 Å². The smallest absolute Gasteiger partial charge is 0.126 e. The van der Waals surface area contributed by atoms with Gasteiger partial charge in [0.05, 0.1) is 0 Å². The predicted octanol–water partition coefficient (Wildman–Crippen LogP) is 3.21.